The molecule has 0 aliphatic rings. The molecule has 0 fully saturated rings. The molecule has 8 nitrogen and oxygen atoms in total. The third kappa shape index (κ3) is 66.5. The molecule has 1 amide bonds. The van der Waals surface area contributed by atoms with E-state index in [2.05, 4.69) is 116 Å². The first-order valence-electron chi connectivity index (χ1n) is 34.8. The Hall–Kier alpha value is -2.84. The molecule has 0 saturated carbocycles. The van der Waals surface area contributed by atoms with Crippen molar-refractivity contribution >= 4 is 13.7 Å². The van der Waals surface area contributed by atoms with Crippen LogP contribution in [0.1, 0.15) is 303 Å². The number of allylic oxidation sites excluding steroid dienone is 17. The normalized spacial score (nSPS) is 14.3. The van der Waals surface area contributed by atoms with Crippen molar-refractivity contribution in [2.24, 2.45) is 0 Å². The Morgan fingerprint density at radius 2 is 0.735 bits per heavy atom. The van der Waals surface area contributed by atoms with Crippen LogP contribution in [0.2, 0.25) is 0 Å². The van der Waals surface area contributed by atoms with Gasteiger partial charge in [0.05, 0.1) is 39.9 Å². The molecule has 480 valence electrons. The molecule has 83 heavy (non-hydrogen) atoms. The van der Waals surface area contributed by atoms with E-state index >= 15 is 0 Å². The van der Waals surface area contributed by atoms with Gasteiger partial charge in [-0.05, 0) is 89.9 Å². The molecule has 0 bridgehead atoms. The Balaban J connectivity index is 4.17. The summed E-state index contributed by atoms with van der Waals surface area (Å²) in [7, 11) is 1.54. The lowest BCUT2D eigenvalue weighted by molar-refractivity contribution is -0.870. The molecule has 0 saturated heterocycles. The summed E-state index contributed by atoms with van der Waals surface area (Å²) in [6.45, 7) is 4.70. The Morgan fingerprint density at radius 3 is 1.11 bits per heavy atom. The van der Waals surface area contributed by atoms with Gasteiger partial charge in [0.1, 0.15) is 13.2 Å². The SMILES string of the molecule is CC/C=C\C/C=C\C/C=C\C/C=C\C/C=C\C/C=C\C/C=C\CCCCCCCCCCCC(=O)NC(COP(=O)(O)OCC[N+](C)(C)C)C(O)/C=C/CC/C=C/CCCCCCCCCCCCCCCCCCCCCCCCCC. The summed E-state index contributed by atoms with van der Waals surface area (Å²) in [4.78, 5) is 23.4. The van der Waals surface area contributed by atoms with Gasteiger partial charge in [-0.2, -0.15) is 0 Å². The highest BCUT2D eigenvalue weighted by Gasteiger charge is 2.28. The standard InChI is InChI=1S/C74H133N2O6P/c1-6-8-10-12-14-16-18-20-22-24-26-28-30-32-34-36-38-40-42-44-46-48-50-52-54-56-58-60-62-64-66-68-74(78)75-72(71-82-83(79,80)81-70-69-76(3,4)5)73(77)67-65-63-61-59-57-55-53-51-49-47-45-43-41-39-37-35-33-31-29-27-25-23-21-19-17-15-13-11-9-7-2/h8,10,14,16,20,22,26,28,32,34,38,40,44,46,57,59,65,67,72-73,77H,6-7,9,11-13,15,17-19,21,23-25,27,29-31,33,35-37,39,41-43,45,47-56,58,60-64,66,68-71H2,1-5H3,(H-,75,78,79,80)/p+1/b10-8-,16-14-,22-20-,28-26-,34-32-,40-38-,46-44-,59-57+,67-65+. The van der Waals surface area contributed by atoms with Crippen molar-refractivity contribution in [3.8, 4) is 0 Å². The Morgan fingerprint density at radius 1 is 0.422 bits per heavy atom. The van der Waals surface area contributed by atoms with E-state index in [-0.39, 0.29) is 19.1 Å². The highest BCUT2D eigenvalue weighted by molar-refractivity contribution is 7.47. The zero-order chi connectivity index (χ0) is 60.5. The van der Waals surface area contributed by atoms with Crippen molar-refractivity contribution in [1.29, 1.82) is 0 Å². The van der Waals surface area contributed by atoms with Gasteiger partial charge in [0, 0.05) is 6.42 Å². The first-order chi connectivity index (χ1) is 40.5. The number of carbonyl (C=O) groups excluding carboxylic acids is 1. The largest absolute Gasteiger partial charge is 0.472 e. The average Bonchev–Trinajstić information content (AvgIpc) is 3.49. The minimum Gasteiger partial charge on any atom is -0.387 e. The van der Waals surface area contributed by atoms with Crippen LogP contribution in [-0.2, 0) is 18.4 Å². The maximum Gasteiger partial charge on any atom is 0.472 e. The number of nitrogens with zero attached hydrogens (tertiary/aromatic N) is 1. The summed E-state index contributed by atoms with van der Waals surface area (Å²) in [6, 6.07) is -0.876. The molecule has 3 atom stereocenters. The highest BCUT2D eigenvalue weighted by atomic mass is 31.2. The zero-order valence-electron chi connectivity index (χ0n) is 54.9. The van der Waals surface area contributed by atoms with E-state index in [4.69, 9.17) is 9.05 Å². The number of likely N-dealkylation sites (N-methyl/N-ethyl adjacent to an activating group) is 1. The van der Waals surface area contributed by atoms with Crippen LogP contribution < -0.4 is 5.32 Å². The number of nitrogens with one attached hydrogen (secondary N) is 1. The minimum absolute atomic E-state index is 0.0500. The van der Waals surface area contributed by atoms with E-state index in [0.717, 1.165) is 89.9 Å². The number of hydrogen-bond acceptors (Lipinski definition) is 5. The fourth-order valence-electron chi connectivity index (χ4n) is 9.86. The average molecular weight is 1180 g/mol. The lowest BCUT2D eigenvalue weighted by Crippen LogP contribution is -2.45. The smallest absolute Gasteiger partial charge is 0.387 e. The molecule has 0 heterocycles. The molecular formula is C74H134N2O6P+. The van der Waals surface area contributed by atoms with Gasteiger partial charge in [0.15, 0.2) is 0 Å². The van der Waals surface area contributed by atoms with Gasteiger partial charge >= 0.3 is 7.82 Å². The van der Waals surface area contributed by atoms with Crippen LogP contribution in [-0.4, -0.2) is 73.4 Å². The van der Waals surface area contributed by atoms with Gasteiger partial charge < -0.3 is 19.8 Å². The molecular weight excluding hydrogens is 1040 g/mol. The summed E-state index contributed by atoms with van der Waals surface area (Å²) in [5, 5.41) is 14.0. The van der Waals surface area contributed by atoms with Crippen LogP contribution in [0.5, 0.6) is 0 Å². The summed E-state index contributed by atoms with van der Waals surface area (Å²) in [6.07, 6.45) is 93.8. The van der Waals surface area contributed by atoms with Crippen molar-refractivity contribution in [1.82, 2.24) is 5.32 Å². The number of unbranched alkanes of at least 4 members (excludes halogenated alkanes) is 34. The second-order valence-corrected chi connectivity index (χ2v) is 26.0. The van der Waals surface area contributed by atoms with E-state index in [1.165, 1.54) is 193 Å². The Bertz CT molecular complexity index is 1720. The van der Waals surface area contributed by atoms with Crippen molar-refractivity contribution in [2.45, 2.75) is 315 Å². The predicted octanol–water partition coefficient (Wildman–Crippen LogP) is 22.3. The van der Waals surface area contributed by atoms with E-state index in [0.29, 0.717) is 17.4 Å². The molecule has 0 aromatic carbocycles. The monoisotopic (exact) mass is 1180 g/mol. The van der Waals surface area contributed by atoms with Gasteiger partial charge in [-0.3, -0.25) is 13.8 Å². The number of amides is 1. The van der Waals surface area contributed by atoms with E-state index in [1.807, 2.05) is 27.2 Å². The first-order valence-corrected chi connectivity index (χ1v) is 36.3. The number of rotatable bonds is 63. The van der Waals surface area contributed by atoms with Gasteiger partial charge in [-0.15, -0.1) is 0 Å². The molecule has 0 aliphatic carbocycles. The zero-order valence-corrected chi connectivity index (χ0v) is 55.8. The number of hydrogen-bond donors (Lipinski definition) is 3. The number of phosphoric ester groups is 1. The fourth-order valence-corrected chi connectivity index (χ4v) is 10.6. The second-order valence-electron chi connectivity index (χ2n) is 24.5. The van der Waals surface area contributed by atoms with Crippen LogP contribution in [0.15, 0.2) is 109 Å². The van der Waals surface area contributed by atoms with Crippen molar-refractivity contribution in [2.75, 3.05) is 40.9 Å². The molecule has 0 rings (SSSR count). The number of carbonyl (C=O) groups is 1. The maximum absolute atomic E-state index is 13.0. The molecule has 0 aliphatic heterocycles. The second kappa shape index (κ2) is 63.7. The fraction of sp³-hybridized carbons (Fsp3) is 0.743. The lowest BCUT2D eigenvalue weighted by Gasteiger charge is -2.25. The first kappa shape index (κ1) is 80.2. The summed E-state index contributed by atoms with van der Waals surface area (Å²) in [5.74, 6) is -0.195. The van der Waals surface area contributed by atoms with Crippen LogP contribution in [0, 0.1) is 0 Å². The lowest BCUT2D eigenvalue weighted by atomic mass is 10.0. The molecule has 0 aromatic rings. The van der Waals surface area contributed by atoms with Crippen molar-refractivity contribution in [3.05, 3.63) is 109 Å². The topological polar surface area (TPSA) is 105 Å². The summed E-state index contributed by atoms with van der Waals surface area (Å²) in [5.41, 5.74) is 0. The number of phosphoric acid groups is 1. The van der Waals surface area contributed by atoms with Gasteiger partial charge in [0.25, 0.3) is 0 Å². The van der Waals surface area contributed by atoms with Crippen LogP contribution in [0.4, 0.5) is 0 Å². The van der Waals surface area contributed by atoms with Crippen molar-refractivity contribution < 1.29 is 32.9 Å². The van der Waals surface area contributed by atoms with Gasteiger partial charge in [0.2, 0.25) is 5.91 Å². The third-order valence-corrected chi connectivity index (χ3v) is 16.2. The number of aliphatic hydroxyl groups excluding tert-OH is 1. The minimum atomic E-state index is -4.37. The molecule has 0 radical (unpaired) electrons. The summed E-state index contributed by atoms with van der Waals surface area (Å²) < 4.78 is 23.8. The van der Waals surface area contributed by atoms with Crippen LogP contribution in [0.3, 0.4) is 0 Å². The van der Waals surface area contributed by atoms with Gasteiger partial charge in [-0.25, -0.2) is 4.57 Å². The molecule has 0 spiro atoms. The maximum atomic E-state index is 13.0. The molecule has 0 aromatic heterocycles. The molecule has 3 unspecified atom stereocenters. The van der Waals surface area contributed by atoms with E-state index in [9.17, 15) is 19.4 Å². The molecule has 9 heteroatoms. The summed E-state index contributed by atoms with van der Waals surface area (Å²) >= 11 is 0. The molecule has 3 N–H and O–H groups in total. The quantitative estimate of drug-likeness (QED) is 0.0243. The third-order valence-electron chi connectivity index (χ3n) is 15.2. The predicted molar refractivity (Wildman–Crippen MR) is 364 cm³/mol. The van der Waals surface area contributed by atoms with Crippen molar-refractivity contribution in [3.63, 3.8) is 0 Å². The Kier molecular flexibility index (Phi) is 61.5. The Labute approximate surface area is 514 Å². The van der Waals surface area contributed by atoms with E-state index in [1.54, 1.807) is 6.08 Å². The number of quaternary nitrogens is 1. The van der Waals surface area contributed by atoms with Crippen LogP contribution >= 0.6 is 7.82 Å². The van der Waals surface area contributed by atoms with Gasteiger partial charge in [-0.1, -0.05) is 316 Å². The van der Waals surface area contributed by atoms with Crippen LogP contribution in [0.25, 0.3) is 0 Å². The highest BCUT2D eigenvalue weighted by Crippen LogP contribution is 2.43. The number of aliphatic hydroxyl groups is 1. The van der Waals surface area contributed by atoms with E-state index < -0.39 is 20.0 Å².